The maximum absolute atomic E-state index is 12.8. The highest BCUT2D eigenvalue weighted by Crippen LogP contribution is 2.39. The van der Waals surface area contributed by atoms with E-state index in [9.17, 15) is 9.59 Å². The Labute approximate surface area is 175 Å². The van der Waals surface area contributed by atoms with Crippen LogP contribution in [0.25, 0.3) is 0 Å². The number of anilines is 2. The van der Waals surface area contributed by atoms with E-state index in [1.165, 1.54) is 17.7 Å². The zero-order valence-corrected chi connectivity index (χ0v) is 16.7. The molecule has 0 atom stereocenters. The van der Waals surface area contributed by atoms with Crippen LogP contribution in [-0.2, 0) is 22.4 Å². The number of fused-ring (bicyclic) bond motifs is 1. The lowest BCUT2D eigenvalue weighted by molar-refractivity contribution is -0.126. The summed E-state index contributed by atoms with van der Waals surface area (Å²) in [5.74, 6) is 1.63. The molecule has 0 radical (unpaired) electrons. The molecule has 0 bridgehead atoms. The molecule has 2 aromatic rings. The van der Waals surface area contributed by atoms with Gasteiger partial charge in [0.15, 0.2) is 0 Å². The first-order chi connectivity index (χ1) is 13.9. The van der Waals surface area contributed by atoms with Gasteiger partial charge in [0, 0.05) is 25.1 Å². The average molecular weight is 408 g/mol. The smallest absolute Gasteiger partial charge is 0.303 e. The van der Waals surface area contributed by atoms with Crippen LogP contribution in [0.4, 0.5) is 11.4 Å². The van der Waals surface area contributed by atoms with Gasteiger partial charge in [0.1, 0.15) is 5.54 Å². The molecule has 148 valence electrons. The molecule has 1 fully saturated rings. The summed E-state index contributed by atoms with van der Waals surface area (Å²) in [6, 6.07) is 12.9. The van der Waals surface area contributed by atoms with Crippen LogP contribution in [-0.4, -0.2) is 23.9 Å². The molecule has 2 amide bonds. The number of nitrogens with one attached hydrogen (secondary N) is 1. The Morgan fingerprint density at radius 1 is 1.21 bits per heavy atom. The third-order valence-electron chi connectivity index (χ3n) is 5.79. The first kappa shape index (κ1) is 19.4. The Balaban J connectivity index is 1.72. The number of primary amides is 1. The molecule has 2 aromatic carbocycles. The van der Waals surface area contributed by atoms with E-state index >= 15 is 0 Å². The van der Waals surface area contributed by atoms with Gasteiger partial charge in [-0.25, -0.2) is 0 Å². The fraction of sp³-hybridized carbons (Fsp3) is 0.304. The van der Waals surface area contributed by atoms with E-state index in [4.69, 9.17) is 23.8 Å². The van der Waals surface area contributed by atoms with Gasteiger partial charge >= 0.3 is 5.91 Å². The number of benzene rings is 2. The molecule has 0 unspecified atom stereocenters. The summed E-state index contributed by atoms with van der Waals surface area (Å²) >= 11 is 6.48. The number of rotatable bonds is 6. The molecular weight excluding hydrogens is 386 g/mol. The van der Waals surface area contributed by atoms with Crippen LogP contribution in [0, 0.1) is 18.3 Å². The number of hydrogen-bond donors (Lipinski definition) is 2. The van der Waals surface area contributed by atoms with Gasteiger partial charge in [-0.05, 0) is 54.0 Å². The number of terminal acetylenes is 1. The van der Waals surface area contributed by atoms with Crippen molar-refractivity contribution in [2.45, 2.75) is 31.2 Å². The fourth-order valence-electron chi connectivity index (χ4n) is 4.02. The highest BCUT2D eigenvalue weighted by molar-refractivity contribution is 6.33. The Kier molecular flexibility index (Phi) is 4.97. The predicted octanol–water partition coefficient (Wildman–Crippen LogP) is 3.15. The Morgan fingerprint density at radius 2 is 1.86 bits per heavy atom. The number of nitrogens with zero attached hydrogens (tertiary/aromatic N) is 1. The summed E-state index contributed by atoms with van der Waals surface area (Å²) < 4.78 is 0. The van der Waals surface area contributed by atoms with Crippen molar-refractivity contribution in [2.75, 3.05) is 16.8 Å². The molecule has 5 nitrogen and oxygen atoms in total. The van der Waals surface area contributed by atoms with Gasteiger partial charge in [0.2, 0.25) is 5.91 Å². The second-order valence-corrected chi connectivity index (χ2v) is 8.20. The second-order valence-electron chi connectivity index (χ2n) is 7.79. The molecule has 1 saturated carbocycles. The third-order valence-corrected chi connectivity index (χ3v) is 6.10. The fourth-order valence-corrected chi connectivity index (χ4v) is 4.27. The standard InChI is InChI=1S/C23H22ClN3O2/c1-2-21(28)27(18-9-10-20(19(24)11-18)26-14-15-7-8-15)23(22(25)29)12-16-5-3-4-6-17(16)13-23/h1,3-6,9-11,15,26H,7-8,12-14H2,(H2,25,29). The monoisotopic (exact) mass is 407 g/mol. The highest BCUT2D eigenvalue weighted by Gasteiger charge is 2.50. The lowest BCUT2D eigenvalue weighted by Gasteiger charge is -2.37. The SMILES string of the molecule is C#CC(=O)N(c1ccc(NCC2CC2)c(Cl)c1)C1(C(N)=O)Cc2ccccc2C1. The van der Waals surface area contributed by atoms with E-state index in [1.54, 1.807) is 12.1 Å². The van der Waals surface area contributed by atoms with Crippen LogP contribution in [0.1, 0.15) is 24.0 Å². The van der Waals surface area contributed by atoms with E-state index in [1.807, 2.05) is 30.3 Å². The number of nitrogens with two attached hydrogens (primary N) is 1. The van der Waals surface area contributed by atoms with Crippen LogP contribution in [0.3, 0.4) is 0 Å². The zero-order chi connectivity index (χ0) is 20.6. The van der Waals surface area contributed by atoms with Crippen LogP contribution < -0.4 is 16.0 Å². The first-order valence-corrected chi connectivity index (χ1v) is 10.0. The maximum atomic E-state index is 12.8. The zero-order valence-electron chi connectivity index (χ0n) is 16.0. The summed E-state index contributed by atoms with van der Waals surface area (Å²) in [4.78, 5) is 26.8. The van der Waals surface area contributed by atoms with Crippen molar-refractivity contribution in [1.82, 2.24) is 0 Å². The molecular formula is C23H22ClN3O2. The summed E-state index contributed by atoms with van der Waals surface area (Å²) in [5, 5.41) is 3.80. The van der Waals surface area contributed by atoms with Gasteiger partial charge in [-0.1, -0.05) is 35.9 Å². The van der Waals surface area contributed by atoms with Gasteiger partial charge in [0.25, 0.3) is 0 Å². The first-order valence-electron chi connectivity index (χ1n) is 9.65. The van der Waals surface area contributed by atoms with Crippen LogP contribution in [0.2, 0.25) is 5.02 Å². The molecule has 2 aliphatic carbocycles. The van der Waals surface area contributed by atoms with Crippen molar-refractivity contribution in [3.05, 3.63) is 58.6 Å². The molecule has 3 N–H and O–H groups in total. The minimum atomic E-state index is -1.26. The normalized spacial score (nSPS) is 16.6. The van der Waals surface area contributed by atoms with Crippen LogP contribution in [0.15, 0.2) is 42.5 Å². The van der Waals surface area contributed by atoms with E-state index in [0.717, 1.165) is 23.4 Å². The van der Waals surface area contributed by atoms with E-state index in [-0.39, 0.29) is 0 Å². The largest absolute Gasteiger partial charge is 0.384 e. The summed E-state index contributed by atoms with van der Waals surface area (Å²) in [6.45, 7) is 0.868. The van der Waals surface area contributed by atoms with Gasteiger partial charge < -0.3 is 11.1 Å². The Morgan fingerprint density at radius 3 is 2.38 bits per heavy atom. The van der Waals surface area contributed by atoms with E-state index < -0.39 is 17.4 Å². The molecule has 29 heavy (non-hydrogen) atoms. The molecule has 0 aliphatic heterocycles. The van der Waals surface area contributed by atoms with Crippen molar-refractivity contribution in [2.24, 2.45) is 11.7 Å². The average Bonchev–Trinajstić information content (AvgIpc) is 3.45. The van der Waals surface area contributed by atoms with Gasteiger partial charge in [0.05, 0.1) is 10.7 Å². The molecule has 0 saturated heterocycles. The van der Waals surface area contributed by atoms with Gasteiger partial charge in [-0.2, -0.15) is 0 Å². The lowest BCUT2D eigenvalue weighted by Crippen LogP contribution is -2.61. The topological polar surface area (TPSA) is 75.4 Å². The number of carbonyl (C=O) groups excluding carboxylic acids is 2. The molecule has 0 heterocycles. The molecule has 0 spiro atoms. The maximum Gasteiger partial charge on any atom is 0.303 e. The van der Waals surface area contributed by atoms with E-state index in [0.29, 0.717) is 29.5 Å². The predicted molar refractivity (Wildman–Crippen MR) is 115 cm³/mol. The van der Waals surface area contributed by atoms with Crippen LogP contribution in [0.5, 0.6) is 0 Å². The minimum absolute atomic E-state index is 0.311. The quantitative estimate of drug-likeness (QED) is 0.722. The van der Waals surface area contributed by atoms with Crippen molar-refractivity contribution in [3.8, 4) is 12.3 Å². The van der Waals surface area contributed by atoms with Gasteiger partial charge in [-0.3, -0.25) is 14.5 Å². The molecule has 2 aliphatic rings. The van der Waals surface area contributed by atoms with Crippen molar-refractivity contribution in [3.63, 3.8) is 0 Å². The summed E-state index contributed by atoms with van der Waals surface area (Å²) in [7, 11) is 0. The number of hydrogen-bond acceptors (Lipinski definition) is 3. The van der Waals surface area contributed by atoms with Crippen LogP contribution >= 0.6 is 11.6 Å². The lowest BCUT2D eigenvalue weighted by atomic mass is 9.91. The Bertz CT molecular complexity index is 998. The Hall–Kier alpha value is -2.97. The minimum Gasteiger partial charge on any atom is -0.384 e. The number of carbonyl (C=O) groups is 2. The molecule has 4 rings (SSSR count). The molecule has 6 heteroatoms. The van der Waals surface area contributed by atoms with Crippen molar-refractivity contribution >= 4 is 34.8 Å². The second kappa shape index (κ2) is 7.46. The number of halogens is 1. The van der Waals surface area contributed by atoms with E-state index in [2.05, 4.69) is 11.2 Å². The van der Waals surface area contributed by atoms with Crippen molar-refractivity contribution in [1.29, 1.82) is 0 Å². The highest BCUT2D eigenvalue weighted by atomic mass is 35.5. The third kappa shape index (κ3) is 3.56. The summed E-state index contributed by atoms with van der Waals surface area (Å²) in [5.41, 5.74) is 7.80. The van der Waals surface area contributed by atoms with Gasteiger partial charge in [-0.15, -0.1) is 6.42 Å². The van der Waals surface area contributed by atoms with Crippen molar-refractivity contribution < 1.29 is 9.59 Å². The number of amides is 2. The molecule has 0 aromatic heterocycles. The summed E-state index contributed by atoms with van der Waals surface area (Å²) in [6.07, 6.45) is 8.54.